The van der Waals surface area contributed by atoms with Gasteiger partial charge in [-0.25, -0.2) is 0 Å². The van der Waals surface area contributed by atoms with E-state index in [4.69, 9.17) is 14.7 Å². The highest BCUT2D eigenvalue weighted by Crippen LogP contribution is 2.27. The van der Waals surface area contributed by atoms with Gasteiger partial charge in [-0.2, -0.15) is 17.0 Å². The minimum Gasteiger partial charge on any atom is -0.493 e. The quantitative estimate of drug-likeness (QED) is 0.698. The molecule has 0 atom stereocenters. The maximum atomic E-state index is 8.77. The van der Waals surface area contributed by atoms with E-state index < -0.39 is 0 Å². The topological polar surface area (TPSA) is 42.2 Å². The van der Waals surface area contributed by atoms with Gasteiger partial charge >= 0.3 is 0 Å². The largest absolute Gasteiger partial charge is 0.493 e. The second-order valence-electron chi connectivity index (χ2n) is 3.38. The molecule has 0 radical (unpaired) electrons. The van der Waals surface area contributed by atoms with E-state index in [9.17, 15) is 0 Å². The summed E-state index contributed by atoms with van der Waals surface area (Å²) in [5.41, 5.74) is 0.579. The Kier molecular flexibility index (Phi) is 6.34. The van der Waals surface area contributed by atoms with Gasteiger partial charge in [0.2, 0.25) is 0 Å². The maximum Gasteiger partial charge on any atom is 0.162 e. The fraction of sp³-hybridized carbons (Fsp3) is 0.462. The Morgan fingerprint density at radius 3 is 2.82 bits per heavy atom. The van der Waals surface area contributed by atoms with Crippen LogP contribution in [0.3, 0.4) is 0 Å². The van der Waals surface area contributed by atoms with Crippen LogP contribution in [0.15, 0.2) is 18.2 Å². The molecule has 0 bridgehead atoms. The average molecular weight is 251 g/mol. The molecule has 0 spiro atoms. The van der Waals surface area contributed by atoms with Gasteiger partial charge in [0.05, 0.1) is 25.3 Å². The SMILES string of the molecule is CCSCCCOc1ccc(C#N)cc1OC. The number of ether oxygens (including phenoxy) is 2. The lowest BCUT2D eigenvalue weighted by molar-refractivity contribution is 0.295. The molecule has 0 aliphatic rings. The summed E-state index contributed by atoms with van der Waals surface area (Å²) in [7, 11) is 1.58. The highest BCUT2D eigenvalue weighted by Gasteiger charge is 2.05. The van der Waals surface area contributed by atoms with Gasteiger partial charge in [0.25, 0.3) is 0 Å². The number of benzene rings is 1. The first kappa shape index (κ1) is 13.7. The third-order valence-corrected chi connectivity index (χ3v) is 3.17. The van der Waals surface area contributed by atoms with Crippen molar-refractivity contribution in [3.05, 3.63) is 23.8 Å². The molecule has 0 unspecified atom stereocenters. The zero-order valence-electron chi connectivity index (χ0n) is 10.2. The Morgan fingerprint density at radius 2 is 2.18 bits per heavy atom. The Hall–Kier alpha value is -1.34. The minimum atomic E-state index is 0.579. The predicted octanol–water partition coefficient (Wildman–Crippen LogP) is 3.09. The van der Waals surface area contributed by atoms with Crippen LogP contribution in [0, 0.1) is 11.3 Å². The molecular weight excluding hydrogens is 234 g/mol. The highest BCUT2D eigenvalue weighted by molar-refractivity contribution is 7.99. The van der Waals surface area contributed by atoms with Crippen molar-refractivity contribution < 1.29 is 9.47 Å². The van der Waals surface area contributed by atoms with Gasteiger partial charge in [-0.05, 0) is 30.1 Å². The van der Waals surface area contributed by atoms with Crippen molar-refractivity contribution in [2.24, 2.45) is 0 Å². The first-order valence-electron chi connectivity index (χ1n) is 5.60. The summed E-state index contributed by atoms with van der Waals surface area (Å²) in [5, 5.41) is 8.77. The van der Waals surface area contributed by atoms with E-state index in [0.717, 1.165) is 17.9 Å². The van der Waals surface area contributed by atoms with Crippen molar-refractivity contribution in [1.29, 1.82) is 5.26 Å². The highest BCUT2D eigenvalue weighted by atomic mass is 32.2. The normalized spacial score (nSPS) is 9.71. The van der Waals surface area contributed by atoms with Crippen LogP contribution in [0.2, 0.25) is 0 Å². The number of methoxy groups -OCH3 is 1. The van der Waals surface area contributed by atoms with Gasteiger partial charge in [-0.3, -0.25) is 0 Å². The molecule has 1 aromatic rings. The number of hydrogen-bond acceptors (Lipinski definition) is 4. The van der Waals surface area contributed by atoms with Crippen LogP contribution in [0.4, 0.5) is 0 Å². The van der Waals surface area contributed by atoms with E-state index in [0.29, 0.717) is 23.7 Å². The van der Waals surface area contributed by atoms with Crippen molar-refractivity contribution in [1.82, 2.24) is 0 Å². The lowest BCUT2D eigenvalue weighted by atomic mass is 10.2. The van der Waals surface area contributed by atoms with Crippen LogP contribution in [-0.4, -0.2) is 25.2 Å². The maximum absolute atomic E-state index is 8.77. The molecule has 17 heavy (non-hydrogen) atoms. The monoisotopic (exact) mass is 251 g/mol. The molecule has 0 aliphatic carbocycles. The minimum absolute atomic E-state index is 0.579. The third-order valence-electron chi connectivity index (χ3n) is 2.19. The van der Waals surface area contributed by atoms with Gasteiger partial charge in [0, 0.05) is 6.07 Å². The van der Waals surface area contributed by atoms with Crippen LogP contribution in [0.25, 0.3) is 0 Å². The first-order chi connectivity index (χ1) is 8.31. The van der Waals surface area contributed by atoms with Crippen molar-refractivity contribution in [2.45, 2.75) is 13.3 Å². The summed E-state index contributed by atoms with van der Waals surface area (Å²) in [5.74, 6) is 3.56. The van der Waals surface area contributed by atoms with Gasteiger partial charge in [0.1, 0.15) is 0 Å². The number of nitriles is 1. The van der Waals surface area contributed by atoms with Gasteiger partial charge in [0.15, 0.2) is 11.5 Å². The number of thioether (sulfide) groups is 1. The summed E-state index contributed by atoms with van der Waals surface area (Å²) < 4.78 is 10.8. The van der Waals surface area contributed by atoms with E-state index in [-0.39, 0.29) is 0 Å². The zero-order valence-corrected chi connectivity index (χ0v) is 11.0. The molecule has 0 amide bonds. The second kappa shape index (κ2) is 7.86. The van der Waals surface area contributed by atoms with Crippen molar-refractivity contribution in [3.63, 3.8) is 0 Å². The fourth-order valence-electron chi connectivity index (χ4n) is 1.34. The fourth-order valence-corrected chi connectivity index (χ4v) is 1.95. The molecular formula is C13H17NO2S. The molecule has 0 saturated heterocycles. The third kappa shape index (κ3) is 4.58. The number of nitrogens with zero attached hydrogens (tertiary/aromatic N) is 1. The number of rotatable bonds is 7. The molecule has 1 rings (SSSR count). The van der Waals surface area contributed by atoms with E-state index in [2.05, 4.69) is 13.0 Å². The van der Waals surface area contributed by atoms with Crippen molar-refractivity contribution >= 4 is 11.8 Å². The number of hydrogen-bond donors (Lipinski definition) is 0. The Balaban J connectivity index is 2.50. The van der Waals surface area contributed by atoms with Crippen molar-refractivity contribution in [3.8, 4) is 17.6 Å². The molecule has 0 aromatic heterocycles. The van der Waals surface area contributed by atoms with Gasteiger partial charge in [-0.1, -0.05) is 6.92 Å². The molecule has 0 saturated carbocycles. The lowest BCUT2D eigenvalue weighted by Crippen LogP contribution is -2.00. The second-order valence-corrected chi connectivity index (χ2v) is 4.77. The van der Waals surface area contributed by atoms with Crippen LogP contribution < -0.4 is 9.47 Å². The Labute approximate surface area is 107 Å². The first-order valence-corrected chi connectivity index (χ1v) is 6.76. The van der Waals surface area contributed by atoms with Crippen LogP contribution in [0.5, 0.6) is 11.5 Å². The smallest absolute Gasteiger partial charge is 0.162 e. The Bertz CT molecular complexity index is 387. The van der Waals surface area contributed by atoms with Gasteiger partial charge < -0.3 is 9.47 Å². The summed E-state index contributed by atoms with van der Waals surface area (Å²) in [6, 6.07) is 7.28. The van der Waals surface area contributed by atoms with Crippen molar-refractivity contribution in [2.75, 3.05) is 25.2 Å². The predicted molar refractivity (Wildman–Crippen MR) is 70.8 cm³/mol. The molecule has 0 aliphatic heterocycles. The Morgan fingerprint density at radius 1 is 1.35 bits per heavy atom. The average Bonchev–Trinajstić information content (AvgIpc) is 2.38. The summed E-state index contributed by atoms with van der Waals surface area (Å²) in [4.78, 5) is 0. The molecule has 4 heteroatoms. The van der Waals surface area contributed by atoms with E-state index in [1.807, 2.05) is 11.8 Å². The molecule has 0 heterocycles. The lowest BCUT2D eigenvalue weighted by Gasteiger charge is -2.10. The zero-order chi connectivity index (χ0) is 12.5. The molecule has 0 N–H and O–H groups in total. The molecule has 92 valence electrons. The molecule has 0 fully saturated rings. The molecule has 3 nitrogen and oxygen atoms in total. The van der Waals surface area contributed by atoms with E-state index in [1.165, 1.54) is 0 Å². The van der Waals surface area contributed by atoms with E-state index in [1.54, 1.807) is 25.3 Å². The molecule has 1 aromatic carbocycles. The van der Waals surface area contributed by atoms with E-state index >= 15 is 0 Å². The van der Waals surface area contributed by atoms with Crippen LogP contribution in [0.1, 0.15) is 18.9 Å². The van der Waals surface area contributed by atoms with Gasteiger partial charge in [-0.15, -0.1) is 0 Å². The van der Waals surface area contributed by atoms with Crippen LogP contribution in [-0.2, 0) is 0 Å². The summed E-state index contributed by atoms with van der Waals surface area (Å²) in [6.07, 6.45) is 1.02. The standard InChI is InChI=1S/C13H17NO2S/c1-3-17-8-4-7-16-12-6-5-11(10-14)9-13(12)15-2/h5-6,9H,3-4,7-8H2,1-2H3. The summed E-state index contributed by atoms with van der Waals surface area (Å²) >= 11 is 1.90. The summed E-state index contributed by atoms with van der Waals surface area (Å²) in [6.45, 7) is 2.82. The van der Waals surface area contributed by atoms with Crippen LogP contribution >= 0.6 is 11.8 Å².